The molecule has 0 aliphatic rings. The predicted octanol–water partition coefficient (Wildman–Crippen LogP) is 12.7. The van der Waals surface area contributed by atoms with Gasteiger partial charge in [-0.15, -0.1) is 0 Å². The summed E-state index contributed by atoms with van der Waals surface area (Å²) < 4.78 is 12.9. The van der Waals surface area contributed by atoms with Crippen LogP contribution in [0.5, 0.6) is 0 Å². The Morgan fingerprint density at radius 1 is 0.360 bits per heavy atom. The van der Waals surface area contributed by atoms with Gasteiger partial charge in [-0.25, -0.2) is 9.97 Å². The molecule has 0 unspecified atom stereocenters. The first-order valence-electron chi connectivity index (χ1n) is 16.8. The normalized spacial score (nSPS) is 12.0. The second-order valence-corrected chi connectivity index (χ2v) is 12.9. The third-order valence-corrected chi connectivity index (χ3v) is 10.1. The molecule has 0 fully saturated rings. The van der Waals surface area contributed by atoms with Gasteiger partial charge in [0, 0.05) is 27.3 Å². The van der Waals surface area contributed by atoms with Crippen LogP contribution in [0.1, 0.15) is 0 Å². The minimum absolute atomic E-state index is 0.633. The zero-order chi connectivity index (χ0) is 32.8. The SMILES string of the molecule is c1ccc(-c2nc(-c3cccc4oc5cc(-c6ccc7c8ccccc8c8ccccc8c7c6)ccc5c34)nc3c2oc2ccccc23)cc1. The van der Waals surface area contributed by atoms with Crippen LogP contribution in [0.4, 0.5) is 0 Å². The first-order chi connectivity index (χ1) is 24.8. The van der Waals surface area contributed by atoms with Crippen LogP contribution in [0.2, 0.25) is 0 Å². The van der Waals surface area contributed by atoms with E-state index in [-0.39, 0.29) is 0 Å². The van der Waals surface area contributed by atoms with E-state index in [9.17, 15) is 0 Å². The standard InChI is InChI=1S/C46H26N2O2/c1-2-11-27(12-3-1)43-45-44(36-17-8-9-19-39(36)50-45)48-46(47-43)37-18-10-20-40-42(37)35-24-22-29(26-41(35)49-40)28-21-23-34-32-15-5-4-13-30(32)31-14-6-7-16-33(31)38(34)25-28/h1-26H. The lowest BCUT2D eigenvalue weighted by Crippen LogP contribution is -1.94. The van der Waals surface area contributed by atoms with E-state index in [1.165, 1.54) is 32.3 Å². The van der Waals surface area contributed by atoms with Gasteiger partial charge < -0.3 is 8.83 Å². The number of nitrogens with zero attached hydrogens (tertiary/aromatic N) is 2. The Kier molecular flexibility index (Phi) is 5.63. The molecular formula is C46H26N2O2. The van der Waals surface area contributed by atoms with Gasteiger partial charge in [0.1, 0.15) is 28.0 Å². The summed E-state index contributed by atoms with van der Waals surface area (Å²) in [7, 11) is 0. The molecule has 11 rings (SSSR count). The van der Waals surface area contributed by atoms with Crippen molar-refractivity contribution in [3.8, 4) is 33.8 Å². The molecule has 0 N–H and O–H groups in total. The second-order valence-electron chi connectivity index (χ2n) is 12.9. The molecule has 0 bridgehead atoms. The molecule has 8 aromatic carbocycles. The average molecular weight is 639 g/mol. The summed E-state index contributed by atoms with van der Waals surface area (Å²) in [5, 5.41) is 10.6. The number of hydrogen-bond donors (Lipinski definition) is 0. The monoisotopic (exact) mass is 638 g/mol. The fraction of sp³-hybridized carbons (Fsp3) is 0. The smallest absolute Gasteiger partial charge is 0.180 e. The van der Waals surface area contributed by atoms with Crippen LogP contribution in [0.25, 0.3) is 110 Å². The van der Waals surface area contributed by atoms with E-state index in [0.717, 1.165) is 66.4 Å². The molecule has 0 aliphatic heterocycles. The number of fused-ring (bicyclic) bond motifs is 12. The second kappa shape index (κ2) is 10.4. The van der Waals surface area contributed by atoms with E-state index in [1.807, 2.05) is 48.5 Å². The maximum atomic E-state index is 6.58. The molecule has 0 atom stereocenters. The summed E-state index contributed by atoms with van der Waals surface area (Å²) in [4.78, 5) is 10.3. The first-order valence-corrected chi connectivity index (χ1v) is 16.8. The van der Waals surface area contributed by atoms with Gasteiger partial charge in [-0.05, 0) is 79.8 Å². The van der Waals surface area contributed by atoms with Crippen LogP contribution in [-0.2, 0) is 0 Å². The van der Waals surface area contributed by atoms with Crippen LogP contribution in [-0.4, -0.2) is 9.97 Å². The van der Waals surface area contributed by atoms with E-state index in [2.05, 4.69) is 109 Å². The van der Waals surface area contributed by atoms with E-state index in [4.69, 9.17) is 18.8 Å². The van der Waals surface area contributed by atoms with Crippen molar-refractivity contribution in [1.29, 1.82) is 0 Å². The molecule has 0 spiro atoms. The Morgan fingerprint density at radius 2 is 0.960 bits per heavy atom. The van der Waals surface area contributed by atoms with Gasteiger partial charge >= 0.3 is 0 Å². The summed E-state index contributed by atoms with van der Waals surface area (Å²) in [5.41, 5.74) is 8.82. The minimum Gasteiger partial charge on any atom is -0.456 e. The molecule has 0 radical (unpaired) electrons. The highest BCUT2D eigenvalue weighted by molar-refractivity contribution is 6.26. The number of hydrogen-bond acceptors (Lipinski definition) is 4. The van der Waals surface area contributed by atoms with E-state index in [1.54, 1.807) is 0 Å². The maximum Gasteiger partial charge on any atom is 0.180 e. The first kappa shape index (κ1) is 27.2. The lowest BCUT2D eigenvalue weighted by molar-refractivity contribution is 0.667. The van der Waals surface area contributed by atoms with Gasteiger partial charge in [0.05, 0.1) is 0 Å². The molecule has 11 aromatic rings. The fourth-order valence-corrected chi connectivity index (χ4v) is 7.78. The van der Waals surface area contributed by atoms with Crippen molar-refractivity contribution < 1.29 is 8.83 Å². The molecule has 0 amide bonds. The lowest BCUT2D eigenvalue weighted by atomic mass is 9.92. The molecular weight excluding hydrogens is 613 g/mol. The average Bonchev–Trinajstić information content (AvgIpc) is 3.76. The Labute approximate surface area is 285 Å². The third kappa shape index (κ3) is 3.93. The summed E-state index contributed by atoms with van der Waals surface area (Å²) in [6.07, 6.45) is 0. The number of para-hydroxylation sites is 1. The summed E-state index contributed by atoms with van der Waals surface area (Å²) in [5.74, 6) is 0.633. The minimum atomic E-state index is 0.633. The molecule has 3 heterocycles. The van der Waals surface area contributed by atoms with E-state index in [0.29, 0.717) is 11.4 Å². The molecule has 3 aromatic heterocycles. The molecule has 4 nitrogen and oxygen atoms in total. The molecule has 4 heteroatoms. The van der Waals surface area contributed by atoms with Gasteiger partial charge in [0.15, 0.2) is 11.4 Å². The number of aromatic nitrogens is 2. The Balaban J connectivity index is 1.11. The van der Waals surface area contributed by atoms with Crippen LogP contribution >= 0.6 is 0 Å². The van der Waals surface area contributed by atoms with Gasteiger partial charge in [0.25, 0.3) is 0 Å². The van der Waals surface area contributed by atoms with Crippen molar-refractivity contribution >= 4 is 76.3 Å². The zero-order valence-electron chi connectivity index (χ0n) is 26.7. The number of benzene rings is 8. The van der Waals surface area contributed by atoms with Crippen molar-refractivity contribution in [3.05, 3.63) is 158 Å². The summed E-state index contributed by atoms with van der Waals surface area (Å²) in [6, 6.07) is 55.1. The van der Waals surface area contributed by atoms with E-state index < -0.39 is 0 Å². The van der Waals surface area contributed by atoms with Gasteiger partial charge in [-0.2, -0.15) is 0 Å². The predicted molar refractivity (Wildman–Crippen MR) is 205 cm³/mol. The Bertz CT molecular complexity index is 3120. The summed E-state index contributed by atoms with van der Waals surface area (Å²) in [6.45, 7) is 0. The quantitative estimate of drug-likeness (QED) is 0.181. The largest absolute Gasteiger partial charge is 0.456 e. The molecule has 232 valence electrons. The van der Waals surface area contributed by atoms with Gasteiger partial charge in [0.2, 0.25) is 0 Å². The van der Waals surface area contributed by atoms with Crippen molar-refractivity contribution in [2.45, 2.75) is 0 Å². The number of rotatable bonds is 3. The number of furan rings is 2. The molecule has 0 aliphatic carbocycles. The van der Waals surface area contributed by atoms with Gasteiger partial charge in [-0.1, -0.05) is 121 Å². The van der Waals surface area contributed by atoms with E-state index >= 15 is 0 Å². The summed E-state index contributed by atoms with van der Waals surface area (Å²) >= 11 is 0. The fourth-order valence-electron chi connectivity index (χ4n) is 7.78. The molecule has 50 heavy (non-hydrogen) atoms. The van der Waals surface area contributed by atoms with Crippen LogP contribution in [0.3, 0.4) is 0 Å². The van der Waals surface area contributed by atoms with Crippen LogP contribution in [0.15, 0.2) is 167 Å². The maximum absolute atomic E-state index is 6.58. The lowest BCUT2D eigenvalue weighted by Gasteiger charge is -2.12. The van der Waals surface area contributed by atoms with Crippen molar-refractivity contribution in [1.82, 2.24) is 9.97 Å². The molecule has 0 saturated heterocycles. The Morgan fingerprint density at radius 3 is 1.72 bits per heavy atom. The van der Waals surface area contributed by atoms with Gasteiger partial charge in [-0.3, -0.25) is 0 Å². The Hall–Kier alpha value is -6.78. The topological polar surface area (TPSA) is 52.1 Å². The third-order valence-electron chi connectivity index (χ3n) is 10.1. The highest BCUT2D eigenvalue weighted by Crippen LogP contribution is 2.42. The zero-order valence-corrected chi connectivity index (χ0v) is 26.7. The van der Waals surface area contributed by atoms with Crippen molar-refractivity contribution in [2.75, 3.05) is 0 Å². The highest BCUT2D eigenvalue weighted by atomic mass is 16.3. The van der Waals surface area contributed by atoms with Crippen molar-refractivity contribution in [3.63, 3.8) is 0 Å². The highest BCUT2D eigenvalue weighted by Gasteiger charge is 2.21. The van der Waals surface area contributed by atoms with Crippen LogP contribution < -0.4 is 0 Å². The molecule has 0 saturated carbocycles. The van der Waals surface area contributed by atoms with Crippen molar-refractivity contribution in [2.24, 2.45) is 0 Å². The van der Waals surface area contributed by atoms with Crippen LogP contribution in [0, 0.1) is 0 Å².